The van der Waals surface area contributed by atoms with Gasteiger partial charge in [0.15, 0.2) is 0 Å². The van der Waals surface area contributed by atoms with E-state index >= 15 is 0 Å². The van der Waals surface area contributed by atoms with Crippen molar-refractivity contribution in [3.05, 3.63) is 36.0 Å². The zero-order valence-electron chi connectivity index (χ0n) is 11.4. The van der Waals surface area contributed by atoms with E-state index in [2.05, 4.69) is 42.4 Å². The molecule has 2 nitrogen and oxygen atoms in total. The molecule has 98 valence electrons. The molecule has 1 aromatic carbocycles. The molecule has 0 radical (unpaired) electrons. The van der Waals surface area contributed by atoms with Crippen molar-refractivity contribution in [2.45, 2.75) is 38.6 Å². The number of aliphatic imine (C=N–C) groups is 1. The molecule has 3 fully saturated rings. The number of H-pyrrole nitrogens is 1. The number of hydrogen-bond acceptors (Lipinski definition) is 1. The van der Waals surface area contributed by atoms with Crippen LogP contribution < -0.4 is 0 Å². The largest absolute Gasteiger partial charge is 0.361 e. The Morgan fingerprint density at radius 2 is 2.11 bits per heavy atom. The summed E-state index contributed by atoms with van der Waals surface area (Å²) in [6.07, 6.45) is 7.34. The molecule has 19 heavy (non-hydrogen) atoms. The van der Waals surface area contributed by atoms with Crippen molar-refractivity contribution in [1.82, 2.24) is 4.98 Å². The van der Waals surface area contributed by atoms with Crippen molar-refractivity contribution >= 4 is 16.6 Å². The molecule has 3 saturated carbocycles. The van der Waals surface area contributed by atoms with Crippen LogP contribution in [0.1, 0.15) is 31.7 Å². The Hall–Kier alpha value is -1.57. The maximum atomic E-state index is 4.98. The zero-order chi connectivity index (χ0) is 12.8. The molecule has 1 aromatic heterocycles. The molecule has 1 unspecified atom stereocenters. The van der Waals surface area contributed by atoms with Crippen molar-refractivity contribution in [2.75, 3.05) is 0 Å². The Morgan fingerprint density at radius 3 is 2.89 bits per heavy atom. The molecule has 0 aliphatic heterocycles. The predicted octanol–water partition coefficient (Wildman–Crippen LogP) is 3.97. The van der Waals surface area contributed by atoms with Crippen LogP contribution in [0.5, 0.6) is 0 Å². The van der Waals surface area contributed by atoms with E-state index in [1.165, 1.54) is 41.4 Å². The Labute approximate surface area is 113 Å². The van der Waals surface area contributed by atoms with Crippen LogP contribution in [0.2, 0.25) is 0 Å². The summed E-state index contributed by atoms with van der Waals surface area (Å²) < 4.78 is 0. The molecular formula is C17H20N2. The topological polar surface area (TPSA) is 28.1 Å². The number of aromatic nitrogens is 1. The summed E-state index contributed by atoms with van der Waals surface area (Å²) in [6, 6.07) is 9.15. The minimum atomic E-state index is 0.634. The fraction of sp³-hybridized carbons (Fsp3) is 0.471. The molecule has 0 amide bonds. The third kappa shape index (κ3) is 1.90. The van der Waals surface area contributed by atoms with Gasteiger partial charge in [-0.05, 0) is 49.7 Å². The highest BCUT2D eigenvalue weighted by Crippen LogP contribution is 2.49. The van der Waals surface area contributed by atoms with Gasteiger partial charge < -0.3 is 4.98 Å². The monoisotopic (exact) mass is 252 g/mol. The minimum absolute atomic E-state index is 0.634. The minimum Gasteiger partial charge on any atom is -0.361 e. The van der Waals surface area contributed by atoms with Gasteiger partial charge in [0.05, 0.1) is 6.04 Å². The number of para-hydroxylation sites is 1. The van der Waals surface area contributed by atoms with Gasteiger partial charge in [-0.1, -0.05) is 18.2 Å². The van der Waals surface area contributed by atoms with Crippen LogP contribution in [0.15, 0.2) is 35.5 Å². The first-order valence-corrected chi connectivity index (χ1v) is 7.38. The highest BCUT2D eigenvalue weighted by Gasteiger charge is 2.44. The van der Waals surface area contributed by atoms with E-state index in [4.69, 9.17) is 4.99 Å². The van der Waals surface area contributed by atoms with E-state index < -0.39 is 0 Å². The molecule has 1 N–H and O–H groups in total. The molecule has 1 heterocycles. The van der Waals surface area contributed by atoms with Crippen LogP contribution in [-0.4, -0.2) is 16.7 Å². The molecule has 1 atom stereocenters. The smallest absolute Gasteiger partial charge is 0.0530 e. The summed E-state index contributed by atoms with van der Waals surface area (Å²) in [5, 5.41) is 1.34. The normalized spacial score (nSPS) is 29.7. The lowest BCUT2D eigenvalue weighted by atomic mass is 9.84. The van der Waals surface area contributed by atoms with Crippen molar-refractivity contribution in [3.8, 4) is 0 Å². The van der Waals surface area contributed by atoms with Gasteiger partial charge in [-0.2, -0.15) is 0 Å². The van der Waals surface area contributed by atoms with Crippen LogP contribution in [-0.2, 0) is 6.42 Å². The number of rotatable bonds is 3. The maximum Gasteiger partial charge on any atom is 0.0530 e. The summed E-state index contributed by atoms with van der Waals surface area (Å²) >= 11 is 0. The highest BCUT2D eigenvalue weighted by atomic mass is 14.8. The molecule has 5 rings (SSSR count). The number of benzene rings is 1. The summed E-state index contributed by atoms with van der Waals surface area (Å²) in [6.45, 7) is 2.19. The molecule has 0 saturated heterocycles. The summed E-state index contributed by atoms with van der Waals surface area (Å²) in [4.78, 5) is 8.33. The maximum absolute atomic E-state index is 4.98. The molecule has 3 aliphatic carbocycles. The number of aromatic amines is 1. The zero-order valence-corrected chi connectivity index (χ0v) is 11.4. The van der Waals surface area contributed by atoms with Gasteiger partial charge in [-0.3, -0.25) is 4.99 Å². The summed E-state index contributed by atoms with van der Waals surface area (Å²) in [7, 11) is 0. The standard InChI is InChI=1S/C17H20N2/c1-11(19-17-9-12-7-13(17)8-12)6-14-10-18-16-5-3-2-4-15(14)16/h2-5,10,12-13,17-18H,6-9H2,1H3. The fourth-order valence-corrected chi connectivity index (χ4v) is 3.87. The van der Waals surface area contributed by atoms with Crippen LogP contribution in [0.25, 0.3) is 10.9 Å². The first-order valence-electron chi connectivity index (χ1n) is 7.38. The van der Waals surface area contributed by atoms with Gasteiger partial charge in [0.2, 0.25) is 0 Å². The summed E-state index contributed by atoms with van der Waals surface area (Å²) in [5.74, 6) is 1.91. The van der Waals surface area contributed by atoms with Gasteiger partial charge in [0.25, 0.3) is 0 Å². The van der Waals surface area contributed by atoms with Gasteiger partial charge in [-0.25, -0.2) is 0 Å². The van der Waals surface area contributed by atoms with Crippen LogP contribution in [0, 0.1) is 11.8 Å². The molecule has 2 bridgehead atoms. The molecule has 3 aliphatic rings. The van der Waals surface area contributed by atoms with Crippen molar-refractivity contribution in [2.24, 2.45) is 16.8 Å². The number of fused-ring (bicyclic) bond motifs is 2. The van der Waals surface area contributed by atoms with Crippen LogP contribution >= 0.6 is 0 Å². The van der Waals surface area contributed by atoms with E-state index in [-0.39, 0.29) is 0 Å². The Bertz CT molecular complexity index is 632. The second-order valence-electron chi connectivity index (χ2n) is 6.30. The van der Waals surface area contributed by atoms with Crippen molar-refractivity contribution < 1.29 is 0 Å². The van der Waals surface area contributed by atoms with E-state index in [0.29, 0.717) is 6.04 Å². The molecule has 0 spiro atoms. The third-order valence-electron chi connectivity index (χ3n) is 4.90. The first-order chi connectivity index (χ1) is 9.29. The van der Waals surface area contributed by atoms with E-state index in [0.717, 1.165) is 18.3 Å². The van der Waals surface area contributed by atoms with E-state index in [1.807, 2.05) is 0 Å². The second kappa shape index (κ2) is 4.22. The lowest BCUT2D eigenvalue weighted by Crippen LogP contribution is -2.17. The molecule has 2 heteroatoms. The van der Waals surface area contributed by atoms with Gasteiger partial charge in [0, 0.05) is 29.2 Å². The number of hydrogen-bond donors (Lipinski definition) is 1. The first kappa shape index (κ1) is 11.3. The average molecular weight is 252 g/mol. The van der Waals surface area contributed by atoms with Crippen LogP contribution in [0.4, 0.5) is 0 Å². The lowest BCUT2D eigenvalue weighted by Gasteiger charge is -2.23. The van der Waals surface area contributed by atoms with E-state index in [9.17, 15) is 0 Å². The number of nitrogens with one attached hydrogen (secondary N) is 1. The molecule has 2 aromatic rings. The van der Waals surface area contributed by atoms with Gasteiger partial charge >= 0.3 is 0 Å². The Kier molecular flexibility index (Phi) is 2.51. The van der Waals surface area contributed by atoms with Gasteiger partial charge in [-0.15, -0.1) is 0 Å². The Morgan fingerprint density at radius 1 is 1.26 bits per heavy atom. The van der Waals surface area contributed by atoms with Crippen molar-refractivity contribution in [3.63, 3.8) is 0 Å². The Balaban J connectivity index is 1.55. The fourth-order valence-electron chi connectivity index (χ4n) is 3.87. The third-order valence-corrected chi connectivity index (χ3v) is 4.90. The SMILES string of the molecule is CC(Cc1c[nH]c2ccccc12)=NC1CC2CC1C2. The highest BCUT2D eigenvalue weighted by molar-refractivity contribution is 5.91. The molecular weight excluding hydrogens is 232 g/mol. The van der Waals surface area contributed by atoms with Crippen LogP contribution in [0.3, 0.4) is 0 Å². The quantitative estimate of drug-likeness (QED) is 0.801. The number of nitrogens with zero attached hydrogens (tertiary/aromatic N) is 1. The summed E-state index contributed by atoms with van der Waals surface area (Å²) in [5.41, 5.74) is 3.90. The second-order valence-corrected chi connectivity index (χ2v) is 6.30. The van der Waals surface area contributed by atoms with Crippen molar-refractivity contribution in [1.29, 1.82) is 0 Å². The lowest BCUT2D eigenvalue weighted by molar-refractivity contribution is 0.295. The van der Waals surface area contributed by atoms with E-state index in [1.54, 1.807) is 0 Å². The predicted molar refractivity (Wildman–Crippen MR) is 79.7 cm³/mol. The average Bonchev–Trinajstić information content (AvgIpc) is 3.02. The van der Waals surface area contributed by atoms with Gasteiger partial charge in [0.1, 0.15) is 0 Å².